The number of anilines is 1. The molecule has 21 heavy (non-hydrogen) atoms. The Morgan fingerprint density at radius 1 is 1.38 bits per heavy atom. The zero-order chi connectivity index (χ0) is 15.4. The molecule has 0 spiro atoms. The van der Waals surface area contributed by atoms with Crippen LogP contribution in [0, 0.1) is 5.82 Å². The summed E-state index contributed by atoms with van der Waals surface area (Å²) in [6.45, 7) is 4.16. The van der Waals surface area contributed by atoms with Crippen LogP contribution in [-0.2, 0) is 6.42 Å². The van der Waals surface area contributed by atoms with E-state index < -0.39 is 11.7 Å². The quantitative estimate of drug-likeness (QED) is 0.827. The van der Waals surface area contributed by atoms with Crippen molar-refractivity contribution in [1.82, 2.24) is 10.2 Å². The van der Waals surface area contributed by atoms with Crippen LogP contribution in [0.25, 0.3) is 0 Å². The molecule has 5 nitrogen and oxygen atoms in total. The van der Waals surface area contributed by atoms with Crippen LogP contribution in [-0.4, -0.2) is 57.6 Å². The van der Waals surface area contributed by atoms with Crippen molar-refractivity contribution in [2.24, 2.45) is 5.73 Å². The second-order valence-electron chi connectivity index (χ2n) is 5.58. The summed E-state index contributed by atoms with van der Waals surface area (Å²) in [5, 5.41) is 3.28. The molecule has 0 aromatic heterocycles. The number of hydrogen-bond acceptors (Lipinski definition) is 4. The fourth-order valence-corrected chi connectivity index (χ4v) is 2.58. The van der Waals surface area contributed by atoms with Crippen molar-refractivity contribution in [3.05, 3.63) is 29.1 Å². The molecule has 3 N–H and O–H groups in total. The number of amides is 1. The molecule has 1 heterocycles. The highest BCUT2D eigenvalue weighted by molar-refractivity contribution is 5.94. The molecule has 1 aromatic carbocycles. The summed E-state index contributed by atoms with van der Waals surface area (Å²) in [6.07, 6.45) is 0.555. The van der Waals surface area contributed by atoms with Crippen molar-refractivity contribution in [3.63, 3.8) is 0 Å². The van der Waals surface area contributed by atoms with Crippen molar-refractivity contribution < 1.29 is 9.18 Å². The summed E-state index contributed by atoms with van der Waals surface area (Å²) < 4.78 is 14.6. The van der Waals surface area contributed by atoms with Crippen LogP contribution >= 0.6 is 0 Å². The van der Waals surface area contributed by atoms with Crippen molar-refractivity contribution >= 4 is 11.6 Å². The van der Waals surface area contributed by atoms with E-state index in [2.05, 4.69) is 10.2 Å². The molecule has 0 atom stereocenters. The minimum Gasteiger partial charge on any atom is -0.369 e. The Balaban J connectivity index is 2.37. The first-order valence-corrected chi connectivity index (χ1v) is 7.22. The number of piperazine rings is 1. The predicted octanol–water partition coefficient (Wildman–Crippen LogP) is 0.438. The van der Waals surface area contributed by atoms with Crippen molar-refractivity contribution in [2.75, 3.05) is 51.7 Å². The highest BCUT2D eigenvalue weighted by Crippen LogP contribution is 2.27. The van der Waals surface area contributed by atoms with E-state index in [-0.39, 0.29) is 5.56 Å². The van der Waals surface area contributed by atoms with Gasteiger partial charge in [-0.1, -0.05) is 0 Å². The van der Waals surface area contributed by atoms with Crippen LogP contribution in [0.2, 0.25) is 0 Å². The van der Waals surface area contributed by atoms with Gasteiger partial charge < -0.3 is 20.9 Å². The smallest absolute Gasteiger partial charge is 0.251 e. The van der Waals surface area contributed by atoms with Crippen molar-refractivity contribution in [1.29, 1.82) is 0 Å². The van der Waals surface area contributed by atoms with E-state index >= 15 is 0 Å². The van der Waals surface area contributed by atoms with Crippen LogP contribution in [0.5, 0.6) is 0 Å². The Hall–Kier alpha value is -1.66. The molecule has 2 rings (SSSR count). The van der Waals surface area contributed by atoms with E-state index in [1.165, 1.54) is 6.07 Å². The van der Waals surface area contributed by atoms with E-state index in [0.717, 1.165) is 38.4 Å². The molecule has 6 heteroatoms. The number of carbonyl (C=O) groups is 1. The third-order valence-corrected chi connectivity index (χ3v) is 3.75. The van der Waals surface area contributed by atoms with E-state index in [4.69, 9.17) is 5.73 Å². The summed E-state index contributed by atoms with van der Waals surface area (Å²) in [6, 6.07) is 3.31. The largest absolute Gasteiger partial charge is 0.369 e. The van der Waals surface area contributed by atoms with Gasteiger partial charge >= 0.3 is 0 Å². The summed E-state index contributed by atoms with van der Waals surface area (Å²) in [5.74, 6) is -1.19. The number of nitrogens with two attached hydrogens (primary N) is 1. The monoisotopic (exact) mass is 294 g/mol. The van der Waals surface area contributed by atoms with Crippen LogP contribution in [0.3, 0.4) is 0 Å². The van der Waals surface area contributed by atoms with Gasteiger partial charge in [-0.05, 0) is 32.6 Å². The Morgan fingerprint density at radius 2 is 2.05 bits per heavy atom. The number of halogens is 1. The number of primary amides is 1. The molecule has 0 unspecified atom stereocenters. The lowest BCUT2D eigenvalue weighted by molar-refractivity contribution is 0.0996. The maximum atomic E-state index is 14.6. The van der Waals surface area contributed by atoms with Gasteiger partial charge in [0.2, 0.25) is 0 Å². The summed E-state index contributed by atoms with van der Waals surface area (Å²) in [4.78, 5) is 15.5. The number of rotatable bonds is 5. The standard InChI is InChI=1S/C15H23FN4O/c1-19(2)8-5-11-13(20-9-6-18-7-10-20)4-3-12(14(11)16)15(17)21/h3-4,18H,5-10H2,1-2H3,(H2,17,21). The topological polar surface area (TPSA) is 61.6 Å². The van der Waals surface area contributed by atoms with Gasteiger partial charge in [0.25, 0.3) is 5.91 Å². The minimum absolute atomic E-state index is 0.0253. The molecule has 1 aliphatic heterocycles. The molecular weight excluding hydrogens is 271 g/mol. The van der Waals surface area contributed by atoms with Crippen LogP contribution < -0.4 is 16.0 Å². The first-order valence-electron chi connectivity index (χ1n) is 7.22. The fraction of sp³-hybridized carbons (Fsp3) is 0.533. The summed E-state index contributed by atoms with van der Waals surface area (Å²) >= 11 is 0. The summed E-state index contributed by atoms with van der Waals surface area (Å²) in [7, 11) is 3.89. The Bertz CT molecular complexity index is 513. The van der Waals surface area contributed by atoms with Gasteiger partial charge in [-0.3, -0.25) is 4.79 Å². The number of likely N-dealkylation sites (N-methyl/N-ethyl adjacent to an activating group) is 1. The normalized spacial score (nSPS) is 15.5. The second-order valence-corrected chi connectivity index (χ2v) is 5.58. The molecule has 1 aliphatic rings. The predicted molar refractivity (Wildman–Crippen MR) is 82.3 cm³/mol. The Labute approximate surface area is 124 Å². The summed E-state index contributed by atoms with van der Waals surface area (Å²) in [5.41, 5.74) is 6.69. The average Bonchev–Trinajstić information content (AvgIpc) is 2.46. The van der Waals surface area contributed by atoms with Gasteiger partial charge in [0, 0.05) is 44.0 Å². The zero-order valence-corrected chi connectivity index (χ0v) is 12.7. The van der Waals surface area contributed by atoms with Gasteiger partial charge in [-0.25, -0.2) is 4.39 Å². The van der Waals surface area contributed by atoms with Gasteiger partial charge in [0.05, 0.1) is 5.56 Å². The molecule has 1 fully saturated rings. The number of nitrogens with zero attached hydrogens (tertiary/aromatic N) is 2. The first-order chi connectivity index (χ1) is 10.0. The van der Waals surface area contributed by atoms with E-state index in [0.29, 0.717) is 12.0 Å². The Kier molecular flexibility index (Phi) is 5.14. The molecule has 1 amide bonds. The fourth-order valence-electron chi connectivity index (χ4n) is 2.58. The minimum atomic E-state index is -0.717. The number of nitrogens with one attached hydrogen (secondary N) is 1. The van der Waals surface area contributed by atoms with Crippen molar-refractivity contribution in [2.45, 2.75) is 6.42 Å². The lowest BCUT2D eigenvalue weighted by Crippen LogP contribution is -2.44. The maximum Gasteiger partial charge on any atom is 0.251 e. The highest BCUT2D eigenvalue weighted by Gasteiger charge is 2.21. The van der Waals surface area contributed by atoms with E-state index in [9.17, 15) is 9.18 Å². The molecule has 0 aliphatic carbocycles. The van der Waals surface area contributed by atoms with Gasteiger partial charge in [0.15, 0.2) is 0 Å². The number of hydrogen-bond donors (Lipinski definition) is 2. The van der Waals surface area contributed by atoms with Gasteiger partial charge in [-0.15, -0.1) is 0 Å². The zero-order valence-electron chi connectivity index (χ0n) is 12.7. The highest BCUT2D eigenvalue weighted by atomic mass is 19.1. The van der Waals surface area contributed by atoms with E-state index in [1.54, 1.807) is 0 Å². The molecule has 0 bridgehead atoms. The van der Waals surface area contributed by atoms with Gasteiger partial charge in [-0.2, -0.15) is 0 Å². The van der Waals surface area contributed by atoms with Gasteiger partial charge in [0.1, 0.15) is 5.82 Å². The number of benzene rings is 1. The van der Waals surface area contributed by atoms with E-state index in [1.807, 2.05) is 25.1 Å². The Morgan fingerprint density at radius 3 is 2.62 bits per heavy atom. The average molecular weight is 294 g/mol. The number of carbonyl (C=O) groups excluding carboxylic acids is 1. The van der Waals surface area contributed by atoms with Crippen molar-refractivity contribution in [3.8, 4) is 0 Å². The van der Waals surface area contributed by atoms with Crippen LogP contribution in [0.4, 0.5) is 10.1 Å². The third kappa shape index (κ3) is 3.71. The maximum absolute atomic E-state index is 14.6. The second kappa shape index (κ2) is 6.87. The van der Waals surface area contributed by atoms with Crippen LogP contribution in [0.15, 0.2) is 12.1 Å². The molecule has 1 aromatic rings. The first kappa shape index (κ1) is 15.7. The SMILES string of the molecule is CN(C)CCc1c(N2CCNCC2)ccc(C(N)=O)c1F. The molecule has 0 saturated carbocycles. The molecule has 1 saturated heterocycles. The molecule has 0 radical (unpaired) electrons. The van der Waals surface area contributed by atoms with Crippen LogP contribution in [0.1, 0.15) is 15.9 Å². The molecule has 116 valence electrons. The third-order valence-electron chi connectivity index (χ3n) is 3.75. The lowest BCUT2D eigenvalue weighted by Gasteiger charge is -2.31. The molecular formula is C15H23FN4O. The lowest BCUT2D eigenvalue weighted by atomic mass is 10.0.